The van der Waals surface area contributed by atoms with Crippen molar-refractivity contribution in [1.82, 2.24) is 4.98 Å². The van der Waals surface area contributed by atoms with Gasteiger partial charge in [-0.3, -0.25) is 9.98 Å². The molecule has 4 nitrogen and oxygen atoms in total. The van der Waals surface area contributed by atoms with Gasteiger partial charge in [-0.1, -0.05) is 0 Å². The number of halogens is 1. The Labute approximate surface area is 108 Å². The summed E-state index contributed by atoms with van der Waals surface area (Å²) in [6.45, 7) is 2.12. The largest absolute Gasteiger partial charge is 0.465 e. The third-order valence-corrected chi connectivity index (χ3v) is 2.79. The highest BCUT2D eigenvalue weighted by molar-refractivity contribution is 9.12. The number of nitriles is 1. The number of hydrogen-bond acceptors (Lipinski definition) is 4. The van der Waals surface area contributed by atoms with Gasteiger partial charge in [-0.05, 0) is 41.1 Å². The fraction of sp³-hybridized carbons (Fsp3) is 0.250. The van der Waals surface area contributed by atoms with E-state index in [2.05, 4.69) is 32.0 Å². The van der Waals surface area contributed by atoms with Gasteiger partial charge in [0.25, 0.3) is 0 Å². The van der Waals surface area contributed by atoms with Gasteiger partial charge in [0.1, 0.15) is 11.8 Å². The van der Waals surface area contributed by atoms with E-state index in [1.807, 2.05) is 6.92 Å². The minimum atomic E-state index is -1.05. The zero-order valence-electron chi connectivity index (χ0n) is 9.22. The van der Waals surface area contributed by atoms with Gasteiger partial charge in [0, 0.05) is 16.9 Å². The Morgan fingerprint density at radius 1 is 1.59 bits per heavy atom. The molecule has 0 fully saturated rings. The maximum absolute atomic E-state index is 9.28. The Hall–Kier alpha value is -1.67. The zero-order valence-corrected chi connectivity index (χ0v) is 10.8. The molecular weight excluding hydrogens is 282 g/mol. The minimum absolute atomic E-state index is 0.285. The van der Waals surface area contributed by atoms with Crippen LogP contribution in [0.5, 0.6) is 5.75 Å². The molecule has 1 unspecified atom stereocenters. The van der Waals surface area contributed by atoms with Crippen LogP contribution >= 0.6 is 15.9 Å². The van der Waals surface area contributed by atoms with Crippen LogP contribution in [0.25, 0.3) is 0 Å². The summed E-state index contributed by atoms with van der Waals surface area (Å²) in [7, 11) is 0. The number of rotatable bonds is 2. The van der Waals surface area contributed by atoms with Crippen LogP contribution in [0.2, 0.25) is 0 Å². The summed E-state index contributed by atoms with van der Waals surface area (Å²) >= 11 is 3.30. The lowest BCUT2D eigenvalue weighted by molar-refractivity contribution is 0.185. The predicted octanol–water partition coefficient (Wildman–Crippen LogP) is 2.39. The fourth-order valence-electron chi connectivity index (χ4n) is 1.50. The van der Waals surface area contributed by atoms with Crippen LogP contribution < -0.4 is 4.74 Å². The topological polar surface area (TPSA) is 58.3 Å². The Bertz CT molecular complexity index is 533. The van der Waals surface area contributed by atoms with E-state index in [0.717, 1.165) is 10.2 Å². The summed E-state index contributed by atoms with van der Waals surface area (Å²) < 4.78 is 6.49. The summed E-state index contributed by atoms with van der Waals surface area (Å²) in [6, 6.07) is 5.72. The highest BCUT2D eigenvalue weighted by Crippen LogP contribution is 2.26. The van der Waals surface area contributed by atoms with Crippen LogP contribution in [0.15, 0.2) is 33.9 Å². The molecule has 1 atom stereocenters. The molecule has 0 saturated heterocycles. The Morgan fingerprint density at radius 3 is 3.06 bits per heavy atom. The highest BCUT2D eigenvalue weighted by Gasteiger charge is 2.32. The summed E-state index contributed by atoms with van der Waals surface area (Å²) in [5.74, 6) is 0.600. The van der Waals surface area contributed by atoms with Crippen molar-refractivity contribution in [1.29, 1.82) is 5.26 Å². The van der Waals surface area contributed by atoms with Crippen LogP contribution in [-0.2, 0) is 0 Å². The first kappa shape index (κ1) is 11.8. The molecule has 1 aliphatic heterocycles. The van der Waals surface area contributed by atoms with E-state index >= 15 is 0 Å². The van der Waals surface area contributed by atoms with E-state index in [4.69, 9.17) is 4.74 Å². The van der Waals surface area contributed by atoms with Crippen molar-refractivity contribution in [2.75, 3.05) is 6.54 Å². The number of allylic oxidation sites excluding steroid dienone is 1. The third-order valence-electron chi connectivity index (χ3n) is 2.35. The van der Waals surface area contributed by atoms with Crippen molar-refractivity contribution in [2.45, 2.75) is 12.5 Å². The molecule has 17 heavy (non-hydrogen) atoms. The normalized spacial score (nSPS) is 22.8. The number of dihydropyridines is 1. The van der Waals surface area contributed by atoms with E-state index in [1.54, 1.807) is 30.6 Å². The Morgan fingerprint density at radius 2 is 2.41 bits per heavy atom. The minimum Gasteiger partial charge on any atom is -0.465 e. The van der Waals surface area contributed by atoms with Crippen LogP contribution in [-0.4, -0.2) is 23.3 Å². The molecule has 2 rings (SSSR count). The third kappa shape index (κ3) is 2.53. The van der Waals surface area contributed by atoms with Gasteiger partial charge >= 0.3 is 0 Å². The van der Waals surface area contributed by atoms with Gasteiger partial charge in [-0.25, -0.2) is 0 Å². The Balaban J connectivity index is 2.31. The second-order valence-electron chi connectivity index (χ2n) is 3.69. The molecule has 1 aromatic heterocycles. The van der Waals surface area contributed by atoms with Crippen molar-refractivity contribution < 1.29 is 4.74 Å². The quantitative estimate of drug-likeness (QED) is 0.841. The summed E-state index contributed by atoms with van der Waals surface area (Å²) in [5, 5.41) is 9.28. The van der Waals surface area contributed by atoms with Crippen LogP contribution in [0.1, 0.15) is 5.69 Å². The van der Waals surface area contributed by atoms with Gasteiger partial charge in [-0.2, -0.15) is 5.26 Å². The first-order valence-corrected chi connectivity index (χ1v) is 5.84. The fourth-order valence-corrected chi connectivity index (χ4v) is 2.01. The van der Waals surface area contributed by atoms with E-state index in [9.17, 15) is 5.26 Å². The van der Waals surface area contributed by atoms with Crippen LogP contribution in [0, 0.1) is 18.3 Å². The molecule has 0 amide bonds. The second kappa shape index (κ2) is 4.68. The number of pyridine rings is 1. The van der Waals surface area contributed by atoms with Crippen molar-refractivity contribution in [3.05, 3.63) is 34.6 Å². The van der Waals surface area contributed by atoms with Crippen LogP contribution in [0.4, 0.5) is 0 Å². The summed E-state index contributed by atoms with van der Waals surface area (Å²) in [4.78, 5) is 8.22. The number of nitrogens with zero attached hydrogens (tertiary/aromatic N) is 3. The lowest BCUT2D eigenvalue weighted by atomic mass is 10.0. The monoisotopic (exact) mass is 291 g/mol. The molecule has 0 bridgehead atoms. The number of aliphatic imine (C=N–C) groups is 1. The average molecular weight is 292 g/mol. The van der Waals surface area contributed by atoms with Crippen LogP contribution in [0.3, 0.4) is 0 Å². The average Bonchev–Trinajstić information content (AvgIpc) is 2.32. The molecule has 2 heterocycles. The van der Waals surface area contributed by atoms with E-state index in [0.29, 0.717) is 5.75 Å². The molecule has 0 saturated carbocycles. The smallest absolute Gasteiger partial charge is 0.233 e. The van der Waals surface area contributed by atoms with Gasteiger partial charge in [0.2, 0.25) is 5.60 Å². The molecule has 1 aliphatic rings. The van der Waals surface area contributed by atoms with Gasteiger partial charge in [0.15, 0.2) is 0 Å². The van der Waals surface area contributed by atoms with Crippen molar-refractivity contribution in [3.63, 3.8) is 0 Å². The Kier molecular flexibility index (Phi) is 3.25. The van der Waals surface area contributed by atoms with E-state index in [1.165, 1.54) is 0 Å². The number of aromatic nitrogens is 1. The lowest BCUT2D eigenvalue weighted by Crippen LogP contribution is -2.37. The van der Waals surface area contributed by atoms with E-state index < -0.39 is 5.60 Å². The van der Waals surface area contributed by atoms with Crippen molar-refractivity contribution in [3.8, 4) is 11.8 Å². The molecule has 0 aromatic carbocycles. The summed E-state index contributed by atoms with van der Waals surface area (Å²) in [5.41, 5.74) is -0.303. The van der Waals surface area contributed by atoms with Gasteiger partial charge < -0.3 is 4.74 Å². The van der Waals surface area contributed by atoms with E-state index in [-0.39, 0.29) is 6.54 Å². The number of aryl methyl sites for hydroxylation is 1. The predicted molar refractivity (Wildman–Crippen MR) is 68.3 cm³/mol. The first-order chi connectivity index (χ1) is 8.15. The molecule has 0 radical (unpaired) electrons. The first-order valence-electron chi connectivity index (χ1n) is 5.05. The maximum atomic E-state index is 9.28. The lowest BCUT2D eigenvalue weighted by Gasteiger charge is -2.25. The number of ether oxygens (including phenoxy) is 1. The molecular formula is C12H10BrN3O. The maximum Gasteiger partial charge on any atom is 0.233 e. The van der Waals surface area contributed by atoms with Crippen molar-refractivity contribution >= 4 is 22.1 Å². The standard InChI is InChI=1S/C12H10BrN3O/c1-9-11(3-2-4-16-9)17-12(7-14)5-10(13)6-15-8-12/h2-6H,8H2,1H3. The molecule has 0 spiro atoms. The molecule has 5 heteroatoms. The molecule has 0 N–H and O–H groups in total. The van der Waals surface area contributed by atoms with Gasteiger partial charge in [-0.15, -0.1) is 0 Å². The SMILES string of the molecule is Cc1ncccc1OC1(C#N)C=C(Br)C=NC1. The molecule has 1 aromatic rings. The second-order valence-corrected chi connectivity index (χ2v) is 4.60. The summed E-state index contributed by atoms with van der Waals surface area (Å²) in [6.07, 6.45) is 5.06. The highest BCUT2D eigenvalue weighted by atomic mass is 79.9. The van der Waals surface area contributed by atoms with Gasteiger partial charge in [0.05, 0.1) is 12.2 Å². The molecule has 0 aliphatic carbocycles. The van der Waals surface area contributed by atoms with Crippen molar-refractivity contribution in [2.24, 2.45) is 4.99 Å². The zero-order chi connectivity index (χ0) is 12.3. The number of hydrogen-bond donors (Lipinski definition) is 0. The molecule has 86 valence electrons.